The summed E-state index contributed by atoms with van der Waals surface area (Å²) in [5.74, 6) is 0.409. The molecule has 0 saturated carbocycles. The van der Waals surface area contributed by atoms with E-state index in [0.717, 1.165) is 57.3 Å². The van der Waals surface area contributed by atoms with E-state index < -0.39 is 5.60 Å². The molecule has 30 heavy (non-hydrogen) atoms. The summed E-state index contributed by atoms with van der Waals surface area (Å²) >= 11 is 0. The van der Waals surface area contributed by atoms with Gasteiger partial charge in [0, 0.05) is 18.0 Å². The van der Waals surface area contributed by atoms with Gasteiger partial charge in [0.2, 0.25) is 0 Å². The normalized spacial score (nSPS) is 45.7. The maximum atomic E-state index is 12.2. The fraction of sp³-hybridized carbons (Fsp3) is 0.769. The van der Waals surface area contributed by atoms with E-state index in [1.54, 1.807) is 0 Å². The first-order valence-corrected chi connectivity index (χ1v) is 12.5. The first-order valence-electron chi connectivity index (χ1n) is 12.5. The summed E-state index contributed by atoms with van der Waals surface area (Å²) in [6.07, 6.45) is 22.8. The van der Waals surface area contributed by atoms with E-state index in [2.05, 4.69) is 40.2 Å². The van der Waals surface area contributed by atoms with E-state index >= 15 is 0 Å². The van der Waals surface area contributed by atoms with Crippen molar-refractivity contribution in [2.45, 2.75) is 81.9 Å². The minimum atomic E-state index is -0.849. The van der Waals surface area contributed by atoms with Crippen LogP contribution in [0.2, 0.25) is 0 Å². The monoisotopic (exact) mass is 412 g/mol. The van der Waals surface area contributed by atoms with Gasteiger partial charge in [-0.15, -0.1) is 0 Å². The highest BCUT2D eigenvalue weighted by Gasteiger charge is 2.65. The van der Waals surface area contributed by atoms with Crippen molar-refractivity contribution in [1.82, 2.24) is 9.80 Å². The molecule has 1 unspecified atom stereocenters. The Morgan fingerprint density at radius 3 is 2.63 bits per heavy atom. The van der Waals surface area contributed by atoms with Crippen molar-refractivity contribution in [2.24, 2.45) is 11.3 Å². The van der Waals surface area contributed by atoms with Gasteiger partial charge in [-0.05, 0) is 101 Å². The molecule has 4 aliphatic heterocycles. The number of allylic oxidation sites excluding steroid dienone is 3. The van der Waals surface area contributed by atoms with Gasteiger partial charge in [0.05, 0.1) is 18.2 Å². The van der Waals surface area contributed by atoms with Gasteiger partial charge >= 0.3 is 0 Å². The number of aliphatic hydroxyl groups excluding tert-OH is 1. The van der Waals surface area contributed by atoms with Crippen LogP contribution in [0.5, 0.6) is 0 Å². The highest BCUT2D eigenvalue weighted by molar-refractivity contribution is 5.34. The molecule has 1 spiro atoms. The zero-order chi connectivity index (χ0) is 20.6. The molecular formula is C26H40N2O2. The molecule has 2 saturated heterocycles. The molecule has 166 valence electrons. The Bertz CT molecular complexity index is 716. The standard InChI is InChI=1S/C26H40N2O2/c29-19-21-17-26(30)13-8-4-1-2-5-9-14-27-16-12-23(21)25(20-27)18-22-11-7-3-6-10-15-28(22)24(25)26/h1,4,7,11,17,22-24,29-30H,2-3,5-6,8-10,12-16,18-20H2/b4-1-,11-7?/t22-,23-,24+,25-,26-/m1/s1. The molecule has 0 radical (unpaired) electrons. The van der Waals surface area contributed by atoms with Crippen LogP contribution in [0.3, 0.4) is 0 Å². The highest BCUT2D eigenvalue weighted by atomic mass is 16.3. The molecule has 4 heteroatoms. The second-order valence-electron chi connectivity index (χ2n) is 10.6. The van der Waals surface area contributed by atoms with Crippen LogP contribution in [0.25, 0.3) is 0 Å². The van der Waals surface area contributed by atoms with Crippen LogP contribution in [-0.2, 0) is 0 Å². The lowest BCUT2D eigenvalue weighted by molar-refractivity contribution is -0.0985. The Hall–Kier alpha value is -0.940. The predicted molar refractivity (Wildman–Crippen MR) is 121 cm³/mol. The molecule has 0 aromatic rings. The van der Waals surface area contributed by atoms with Crippen LogP contribution in [0.1, 0.15) is 64.2 Å². The molecule has 4 nitrogen and oxygen atoms in total. The van der Waals surface area contributed by atoms with Crippen molar-refractivity contribution >= 4 is 0 Å². The number of nitrogens with zero attached hydrogens (tertiary/aromatic N) is 2. The molecule has 3 bridgehead atoms. The Labute approximate surface area is 182 Å². The molecular weight excluding hydrogens is 372 g/mol. The third-order valence-electron chi connectivity index (χ3n) is 8.74. The zero-order valence-corrected chi connectivity index (χ0v) is 18.5. The van der Waals surface area contributed by atoms with E-state index in [-0.39, 0.29) is 18.1 Å². The van der Waals surface area contributed by atoms with Crippen molar-refractivity contribution in [3.8, 4) is 0 Å². The van der Waals surface area contributed by atoms with E-state index in [1.165, 1.54) is 38.6 Å². The molecule has 4 heterocycles. The van der Waals surface area contributed by atoms with Crippen LogP contribution in [0.15, 0.2) is 36.0 Å². The van der Waals surface area contributed by atoms with Crippen molar-refractivity contribution in [2.75, 3.05) is 32.8 Å². The fourth-order valence-electron chi connectivity index (χ4n) is 7.66. The molecule has 5 rings (SSSR count). The van der Waals surface area contributed by atoms with Crippen molar-refractivity contribution < 1.29 is 10.2 Å². The summed E-state index contributed by atoms with van der Waals surface area (Å²) in [4.78, 5) is 5.37. The summed E-state index contributed by atoms with van der Waals surface area (Å²) in [7, 11) is 0. The topological polar surface area (TPSA) is 46.9 Å². The Balaban J connectivity index is 1.62. The lowest BCUT2D eigenvalue weighted by Crippen LogP contribution is -2.66. The van der Waals surface area contributed by atoms with Gasteiger partial charge in [-0.1, -0.05) is 24.3 Å². The minimum absolute atomic E-state index is 0.0525. The van der Waals surface area contributed by atoms with Crippen molar-refractivity contribution in [3.63, 3.8) is 0 Å². The number of rotatable bonds is 1. The Morgan fingerprint density at radius 2 is 1.77 bits per heavy atom. The van der Waals surface area contributed by atoms with Gasteiger partial charge in [0.25, 0.3) is 0 Å². The van der Waals surface area contributed by atoms with Crippen molar-refractivity contribution in [3.05, 3.63) is 36.0 Å². The SMILES string of the molecule is OCC1=C[C@]2(O)CC/C=C\CCCCN3CC[C@H]1[C@@]1(C[C@H]4C=CCCCCN4[C@@H]12)C3. The van der Waals surface area contributed by atoms with Gasteiger partial charge in [-0.3, -0.25) is 4.90 Å². The van der Waals surface area contributed by atoms with Crippen LogP contribution >= 0.6 is 0 Å². The van der Waals surface area contributed by atoms with Gasteiger partial charge in [0.15, 0.2) is 0 Å². The largest absolute Gasteiger partial charge is 0.392 e. The van der Waals surface area contributed by atoms with E-state index in [0.29, 0.717) is 12.0 Å². The van der Waals surface area contributed by atoms with E-state index in [4.69, 9.17) is 0 Å². The number of hydrogen-bond acceptors (Lipinski definition) is 4. The lowest BCUT2D eigenvalue weighted by atomic mass is 9.55. The predicted octanol–water partition coefficient (Wildman–Crippen LogP) is 3.66. The maximum Gasteiger partial charge on any atom is 0.0995 e. The molecule has 1 aliphatic carbocycles. The quantitative estimate of drug-likeness (QED) is 0.645. The fourth-order valence-corrected chi connectivity index (χ4v) is 7.66. The minimum Gasteiger partial charge on any atom is -0.392 e. The molecule has 2 N–H and O–H groups in total. The van der Waals surface area contributed by atoms with Crippen LogP contribution in [-0.4, -0.2) is 70.5 Å². The van der Waals surface area contributed by atoms with Crippen LogP contribution < -0.4 is 0 Å². The molecule has 0 aromatic heterocycles. The molecule has 2 fully saturated rings. The summed E-state index contributed by atoms with van der Waals surface area (Å²) in [5.41, 5.74) is 0.320. The van der Waals surface area contributed by atoms with Gasteiger partial charge in [-0.2, -0.15) is 0 Å². The molecule has 5 aliphatic rings. The third-order valence-corrected chi connectivity index (χ3v) is 8.74. The molecule has 0 amide bonds. The second kappa shape index (κ2) is 8.54. The average Bonchev–Trinajstić information content (AvgIpc) is 3.01. The summed E-state index contributed by atoms with van der Waals surface area (Å²) in [6, 6.07) is 0.592. The van der Waals surface area contributed by atoms with E-state index in [9.17, 15) is 10.2 Å². The van der Waals surface area contributed by atoms with Crippen LogP contribution in [0.4, 0.5) is 0 Å². The smallest absolute Gasteiger partial charge is 0.0995 e. The van der Waals surface area contributed by atoms with E-state index in [1.807, 2.05) is 0 Å². The van der Waals surface area contributed by atoms with Gasteiger partial charge < -0.3 is 15.1 Å². The van der Waals surface area contributed by atoms with Gasteiger partial charge in [0.1, 0.15) is 0 Å². The first kappa shape index (κ1) is 20.9. The summed E-state index contributed by atoms with van der Waals surface area (Å²) in [5, 5.41) is 22.6. The Morgan fingerprint density at radius 1 is 0.967 bits per heavy atom. The summed E-state index contributed by atoms with van der Waals surface area (Å²) < 4.78 is 0. The van der Waals surface area contributed by atoms with Crippen LogP contribution in [0, 0.1) is 11.3 Å². The number of fused-ring (bicyclic) bond motifs is 2. The number of hydrogen-bond donors (Lipinski definition) is 2. The highest BCUT2D eigenvalue weighted by Crippen LogP contribution is 2.59. The second-order valence-corrected chi connectivity index (χ2v) is 10.6. The third kappa shape index (κ3) is 3.54. The molecule has 0 aromatic carbocycles. The number of aliphatic hydroxyl groups is 2. The summed E-state index contributed by atoms with van der Waals surface area (Å²) in [6.45, 7) is 4.57. The average molecular weight is 413 g/mol. The Kier molecular flexibility index (Phi) is 5.96. The lowest BCUT2D eigenvalue weighted by Gasteiger charge is -2.58. The first-order chi connectivity index (χ1) is 14.7. The maximum absolute atomic E-state index is 12.2. The van der Waals surface area contributed by atoms with Crippen molar-refractivity contribution in [1.29, 1.82) is 0 Å². The zero-order valence-electron chi connectivity index (χ0n) is 18.5. The van der Waals surface area contributed by atoms with Gasteiger partial charge in [-0.25, -0.2) is 0 Å². The number of piperidine rings is 1. The molecule has 6 atom stereocenters.